The standard InChI is InChI=1S/C18H19N5O/c1-11-6-7-14(9-12(11)2)17(15-5-4-8-19-10-15)20-18(24)16-13(3)21-23-22-16/h4-10,17H,1-3H3,(H,20,24)(H,21,22,23). The number of hydrogen-bond acceptors (Lipinski definition) is 4. The molecule has 122 valence electrons. The van der Waals surface area contributed by atoms with Crippen LogP contribution in [-0.4, -0.2) is 26.3 Å². The number of amides is 1. The van der Waals surface area contributed by atoms with Crippen molar-refractivity contribution in [3.8, 4) is 0 Å². The maximum absolute atomic E-state index is 12.6. The van der Waals surface area contributed by atoms with Crippen molar-refractivity contribution < 1.29 is 4.79 Å². The molecule has 0 aliphatic heterocycles. The molecule has 1 aromatic carbocycles. The molecule has 24 heavy (non-hydrogen) atoms. The second-order valence-corrected chi connectivity index (χ2v) is 5.79. The van der Waals surface area contributed by atoms with Crippen molar-refractivity contribution in [2.45, 2.75) is 26.8 Å². The molecule has 2 heterocycles. The number of carbonyl (C=O) groups is 1. The van der Waals surface area contributed by atoms with Gasteiger partial charge in [0.05, 0.1) is 11.7 Å². The molecule has 0 spiro atoms. The number of aromatic nitrogens is 4. The van der Waals surface area contributed by atoms with E-state index in [1.165, 1.54) is 11.1 Å². The van der Waals surface area contributed by atoms with Gasteiger partial charge in [0, 0.05) is 12.4 Å². The Hall–Kier alpha value is -3.02. The topological polar surface area (TPSA) is 83.6 Å². The summed E-state index contributed by atoms with van der Waals surface area (Å²) in [5.41, 5.74) is 5.16. The molecule has 6 heteroatoms. The zero-order valence-electron chi connectivity index (χ0n) is 13.9. The molecule has 0 radical (unpaired) electrons. The molecule has 2 N–H and O–H groups in total. The van der Waals surface area contributed by atoms with E-state index in [1.807, 2.05) is 18.2 Å². The van der Waals surface area contributed by atoms with E-state index >= 15 is 0 Å². The van der Waals surface area contributed by atoms with Gasteiger partial charge in [0.25, 0.3) is 5.91 Å². The second kappa shape index (κ2) is 6.62. The predicted molar refractivity (Wildman–Crippen MR) is 90.6 cm³/mol. The molecule has 3 aromatic rings. The molecule has 0 fully saturated rings. The van der Waals surface area contributed by atoms with Gasteiger partial charge in [-0.15, -0.1) is 0 Å². The molecule has 6 nitrogen and oxygen atoms in total. The van der Waals surface area contributed by atoms with Crippen LogP contribution in [0.25, 0.3) is 0 Å². The first-order chi connectivity index (χ1) is 11.6. The SMILES string of the molecule is Cc1ccc(C(NC(=O)c2n[nH]nc2C)c2cccnc2)cc1C. The lowest BCUT2D eigenvalue weighted by atomic mass is 9.96. The minimum atomic E-state index is -0.304. The van der Waals surface area contributed by atoms with Crippen LogP contribution in [0.3, 0.4) is 0 Å². The summed E-state index contributed by atoms with van der Waals surface area (Å²) in [7, 11) is 0. The number of rotatable bonds is 4. The van der Waals surface area contributed by atoms with E-state index < -0.39 is 0 Å². The van der Waals surface area contributed by atoms with Gasteiger partial charge in [0.15, 0.2) is 5.69 Å². The first kappa shape index (κ1) is 15.9. The Labute approximate surface area is 140 Å². The number of carbonyl (C=O) groups excluding carboxylic acids is 1. The summed E-state index contributed by atoms with van der Waals surface area (Å²) in [5.74, 6) is -0.270. The molecular formula is C18H19N5O. The average Bonchev–Trinajstić information content (AvgIpc) is 3.02. The van der Waals surface area contributed by atoms with E-state index in [4.69, 9.17) is 0 Å². The number of hydrogen-bond donors (Lipinski definition) is 2. The first-order valence-corrected chi connectivity index (χ1v) is 7.71. The molecule has 0 saturated heterocycles. The minimum Gasteiger partial charge on any atom is -0.340 e. The van der Waals surface area contributed by atoms with Crippen LogP contribution >= 0.6 is 0 Å². The van der Waals surface area contributed by atoms with Crippen molar-refractivity contribution in [2.24, 2.45) is 0 Å². The predicted octanol–water partition coefficient (Wildman–Crippen LogP) is 2.64. The van der Waals surface area contributed by atoms with Crippen LogP contribution in [0.1, 0.15) is 44.5 Å². The van der Waals surface area contributed by atoms with Gasteiger partial charge in [0.2, 0.25) is 0 Å². The lowest BCUT2D eigenvalue weighted by Gasteiger charge is -2.20. The third kappa shape index (κ3) is 3.17. The number of aromatic amines is 1. The molecule has 1 unspecified atom stereocenters. The van der Waals surface area contributed by atoms with Crippen molar-refractivity contribution in [2.75, 3.05) is 0 Å². The number of pyridine rings is 1. The summed E-state index contributed by atoms with van der Waals surface area (Å²) < 4.78 is 0. The lowest BCUT2D eigenvalue weighted by molar-refractivity contribution is 0.0937. The second-order valence-electron chi connectivity index (χ2n) is 5.79. The van der Waals surface area contributed by atoms with Gasteiger partial charge < -0.3 is 5.32 Å². The lowest BCUT2D eigenvalue weighted by Crippen LogP contribution is -2.30. The van der Waals surface area contributed by atoms with Crippen LogP contribution in [0.5, 0.6) is 0 Å². The Morgan fingerprint density at radius 1 is 1.08 bits per heavy atom. The van der Waals surface area contributed by atoms with E-state index in [0.29, 0.717) is 11.4 Å². The quantitative estimate of drug-likeness (QED) is 0.774. The van der Waals surface area contributed by atoms with Gasteiger partial charge in [-0.3, -0.25) is 9.78 Å². The maximum Gasteiger partial charge on any atom is 0.274 e. The maximum atomic E-state index is 12.6. The van der Waals surface area contributed by atoms with Gasteiger partial charge in [-0.05, 0) is 49.1 Å². The average molecular weight is 321 g/mol. The van der Waals surface area contributed by atoms with Crippen molar-refractivity contribution in [1.29, 1.82) is 0 Å². The number of H-pyrrole nitrogens is 1. The Morgan fingerprint density at radius 3 is 2.54 bits per heavy atom. The largest absolute Gasteiger partial charge is 0.340 e. The van der Waals surface area contributed by atoms with Crippen LogP contribution < -0.4 is 5.32 Å². The Morgan fingerprint density at radius 2 is 1.92 bits per heavy atom. The van der Waals surface area contributed by atoms with Gasteiger partial charge in [-0.1, -0.05) is 24.3 Å². The zero-order chi connectivity index (χ0) is 17.1. The number of nitrogens with zero attached hydrogens (tertiary/aromatic N) is 3. The van der Waals surface area contributed by atoms with E-state index in [-0.39, 0.29) is 11.9 Å². The molecular weight excluding hydrogens is 302 g/mol. The summed E-state index contributed by atoms with van der Waals surface area (Å²) in [5, 5.41) is 13.3. The van der Waals surface area contributed by atoms with Crippen molar-refractivity contribution in [1.82, 2.24) is 25.7 Å². The minimum absolute atomic E-state index is 0.270. The monoisotopic (exact) mass is 321 g/mol. The fourth-order valence-electron chi connectivity index (χ4n) is 2.55. The molecule has 0 aliphatic rings. The molecule has 2 aromatic heterocycles. The van der Waals surface area contributed by atoms with Crippen molar-refractivity contribution in [3.05, 3.63) is 76.4 Å². The number of nitrogens with one attached hydrogen (secondary N) is 2. The highest BCUT2D eigenvalue weighted by atomic mass is 16.2. The van der Waals surface area contributed by atoms with E-state index in [0.717, 1.165) is 11.1 Å². The highest BCUT2D eigenvalue weighted by Gasteiger charge is 2.21. The third-order valence-electron chi connectivity index (χ3n) is 4.09. The van der Waals surface area contributed by atoms with E-state index in [9.17, 15) is 4.79 Å². The zero-order valence-corrected chi connectivity index (χ0v) is 13.9. The smallest absolute Gasteiger partial charge is 0.274 e. The highest BCUT2D eigenvalue weighted by Crippen LogP contribution is 2.24. The molecule has 0 aliphatic carbocycles. The molecule has 1 atom stereocenters. The number of aryl methyl sites for hydroxylation is 3. The Balaban J connectivity index is 1.98. The Bertz CT molecular complexity index is 857. The highest BCUT2D eigenvalue weighted by molar-refractivity contribution is 5.93. The van der Waals surface area contributed by atoms with Crippen LogP contribution in [0.4, 0.5) is 0 Å². The first-order valence-electron chi connectivity index (χ1n) is 7.71. The van der Waals surface area contributed by atoms with Crippen LogP contribution in [0.2, 0.25) is 0 Å². The van der Waals surface area contributed by atoms with Gasteiger partial charge in [-0.25, -0.2) is 0 Å². The van der Waals surface area contributed by atoms with Crippen molar-refractivity contribution in [3.63, 3.8) is 0 Å². The number of benzene rings is 1. The van der Waals surface area contributed by atoms with E-state index in [2.05, 4.69) is 51.7 Å². The summed E-state index contributed by atoms with van der Waals surface area (Å²) >= 11 is 0. The third-order valence-corrected chi connectivity index (χ3v) is 4.09. The summed E-state index contributed by atoms with van der Waals surface area (Å²) in [6.07, 6.45) is 3.47. The van der Waals surface area contributed by atoms with Gasteiger partial charge in [-0.2, -0.15) is 15.4 Å². The Kier molecular flexibility index (Phi) is 4.37. The summed E-state index contributed by atoms with van der Waals surface area (Å²) in [6.45, 7) is 5.87. The van der Waals surface area contributed by atoms with Crippen LogP contribution in [0, 0.1) is 20.8 Å². The molecule has 0 bridgehead atoms. The van der Waals surface area contributed by atoms with E-state index in [1.54, 1.807) is 19.3 Å². The molecule has 3 rings (SSSR count). The summed E-state index contributed by atoms with van der Waals surface area (Å²) in [6, 6.07) is 9.67. The van der Waals surface area contributed by atoms with Crippen molar-refractivity contribution >= 4 is 5.91 Å². The molecule has 1 amide bonds. The van der Waals surface area contributed by atoms with Gasteiger partial charge in [0.1, 0.15) is 0 Å². The fraction of sp³-hybridized carbons (Fsp3) is 0.222. The normalized spacial score (nSPS) is 12.0. The fourth-order valence-corrected chi connectivity index (χ4v) is 2.55. The summed E-state index contributed by atoms with van der Waals surface area (Å²) in [4.78, 5) is 16.8. The van der Waals surface area contributed by atoms with Gasteiger partial charge >= 0.3 is 0 Å². The van der Waals surface area contributed by atoms with Crippen LogP contribution in [0.15, 0.2) is 42.7 Å². The molecule has 0 saturated carbocycles. The van der Waals surface area contributed by atoms with Crippen LogP contribution in [-0.2, 0) is 0 Å².